The molecule has 0 spiro atoms. The highest BCUT2D eigenvalue weighted by molar-refractivity contribution is 7.91. The Labute approximate surface area is 227 Å². The van der Waals surface area contributed by atoms with E-state index in [0.717, 1.165) is 23.7 Å². The molecule has 39 heavy (non-hydrogen) atoms. The number of aryl methyl sites for hydroxylation is 1. The first kappa shape index (κ1) is 31.1. The zero-order valence-electron chi connectivity index (χ0n) is 21.4. The average Bonchev–Trinajstić information content (AvgIpc) is 3.17. The number of aromatic nitrogens is 2. The van der Waals surface area contributed by atoms with Crippen LogP contribution >= 0.6 is 11.6 Å². The fourth-order valence-electron chi connectivity index (χ4n) is 4.56. The van der Waals surface area contributed by atoms with Gasteiger partial charge in [0.2, 0.25) is 0 Å². The number of amides is 1. The van der Waals surface area contributed by atoms with Crippen LogP contribution in [0.5, 0.6) is 0 Å². The summed E-state index contributed by atoms with van der Waals surface area (Å²) in [6, 6.07) is 0.535. The fraction of sp³-hybridized carbons (Fsp3) is 0.583. The zero-order valence-corrected chi connectivity index (χ0v) is 23.0. The van der Waals surface area contributed by atoms with Crippen molar-refractivity contribution >= 4 is 33.0 Å². The number of hydrogen-bond donors (Lipinski definition) is 2. The maximum Gasteiger partial charge on any atom is 0.417 e. The SMILES string of the molecule is CCn1nc(C(=O)NCC2CCC(S(C)(=O)=O)CC2)c(Cl)c1-c1ccc(NC(C)C(F)(F)F)cc1C(F)(F)F. The molecule has 2 N–H and O–H groups in total. The van der Waals surface area contributed by atoms with E-state index in [4.69, 9.17) is 11.6 Å². The molecule has 0 aliphatic heterocycles. The summed E-state index contributed by atoms with van der Waals surface area (Å²) >= 11 is 6.39. The molecule has 15 heteroatoms. The molecule has 1 aliphatic carbocycles. The topological polar surface area (TPSA) is 93.1 Å². The molecule has 0 radical (unpaired) electrons. The predicted molar refractivity (Wildman–Crippen MR) is 135 cm³/mol. The molecule has 1 fully saturated rings. The number of anilines is 1. The van der Waals surface area contributed by atoms with Crippen LogP contribution < -0.4 is 10.6 Å². The highest BCUT2D eigenvalue weighted by Gasteiger charge is 2.39. The number of benzene rings is 1. The monoisotopic (exact) mass is 602 g/mol. The maximum atomic E-state index is 14.0. The van der Waals surface area contributed by atoms with Crippen molar-refractivity contribution in [2.75, 3.05) is 18.1 Å². The minimum absolute atomic E-state index is 0.0226. The molecule has 7 nitrogen and oxygen atoms in total. The van der Waals surface area contributed by atoms with Gasteiger partial charge >= 0.3 is 12.4 Å². The Balaban J connectivity index is 1.86. The lowest BCUT2D eigenvalue weighted by molar-refractivity contribution is -0.138. The van der Waals surface area contributed by atoms with Gasteiger partial charge in [-0.25, -0.2) is 8.42 Å². The Kier molecular flexibility index (Phi) is 9.20. The summed E-state index contributed by atoms with van der Waals surface area (Å²) in [7, 11) is -3.14. The van der Waals surface area contributed by atoms with Gasteiger partial charge in [0.1, 0.15) is 15.9 Å². The highest BCUT2D eigenvalue weighted by atomic mass is 35.5. The Hall–Kier alpha value is -2.48. The second-order valence-corrected chi connectivity index (χ2v) is 12.4. The number of nitrogens with one attached hydrogen (secondary N) is 2. The summed E-state index contributed by atoms with van der Waals surface area (Å²) in [5.41, 5.74) is -2.56. The number of carbonyl (C=O) groups is 1. The predicted octanol–water partition coefficient (Wildman–Crippen LogP) is 5.94. The van der Waals surface area contributed by atoms with Crippen molar-refractivity contribution in [3.05, 3.63) is 34.5 Å². The summed E-state index contributed by atoms with van der Waals surface area (Å²) in [6.45, 7) is 2.64. The molecule has 1 heterocycles. The first-order valence-corrected chi connectivity index (χ1v) is 14.5. The number of alkyl halides is 6. The van der Waals surface area contributed by atoms with E-state index in [0.29, 0.717) is 31.7 Å². The summed E-state index contributed by atoms with van der Waals surface area (Å²) in [4.78, 5) is 12.9. The van der Waals surface area contributed by atoms with Crippen LogP contribution in [-0.4, -0.2) is 54.4 Å². The zero-order chi connectivity index (χ0) is 29.3. The molecule has 0 bridgehead atoms. The minimum Gasteiger partial charge on any atom is -0.374 e. The van der Waals surface area contributed by atoms with Gasteiger partial charge in [0.05, 0.1) is 21.5 Å². The standard InChI is InChI=1S/C24H29ClF6N4O3S/c1-4-35-21(17-10-7-15(11-18(17)24(29,30)31)33-13(2)23(26,27)28)19(25)20(34-35)22(36)32-12-14-5-8-16(9-6-14)39(3,37)38/h7,10-11,13-14,16,33H,4-6,8-9,12H2,1-3H3,(H,32,36). The average molecular weight is 603 g/mol. The maximum absolute atomic E-state index is 14.0. The lowest BCUT2D eigenvalue weighted by atomic mass is 9.89. The van der Waals surface area contributed by atoms with Crippen molar-refractivity contribution in [1.29, 1.82) is 0 Å². The van der Waals surface area contributed by atoms with E-state index < -0.39 is 56.2 Å². The van der Waals surface area contributed by atoms with Crippen molar-refractivity contribution in [3.8, 4) is 11.3 Å². The Morgan fingerprint density at radius 3 is 2.28 bits per heavy atom. The lowest BCUT2D eigenvalue weighted by Gasteiger charge is -2.27. The van der Waals surface area contributed by atoms with Gasteiger partial charge in [0, 0.05) is 30.6 Å². The van der Waals surface area contributed by atoms with Gasteiger partial charge in [-0.2, -0.15) is 31.4 Å². The molecule has 1 atom stereocenters. The van der Waals surface area contributed by atoms with E-state index in [1.807, 2.05) is 5.32 Å². The van der Waals surface area contributed by atoms with Crippen molar-refractivity contribution in [3.63, 3.8) is 0 Å². The molecule has 1 saturated carbocycles. The molecular weight excluding hydrogens is 574 g/mol. The minimum atomic E-state index is -4.95. The molecule has 1 aromatic carbocycles. The molecule has 218 valence electrons. The molecule has 1 amide bonds. The first-order valence-electron chi connectivity index (χ1n) is 12.2. The number of carbonyl (C=O) groups excluding carboxylic acids is 1. The number of halogens is 7. The van der Waals surface area contributed by atoms with Crippen LogP contribution in [0.3, 0.4) is 0 Å². The first-order chi connectivity index (χ1) is 17.9. The normalized spacial score (nSPS) is 19.5. The Bertz CT molecular complexity index is 1300. The fourth-order valence-corrected chi connectivity index (χ4v) is 6.01. The van der Waals surface area contributed by atoms with E-state index in [9.17, 15) is 39.6 Å². The van der Waals surface area contributed by atoms with Crippen LogP contribution in [0.4, 0.5) is 32.0 Å². The van der Waals surface area contributed by atoms with Gasteiger partial charge in [0.25, 0.3) is 5.91 Å². The van der Waals surface area contributed by atoms with Gasteiger partial charge < -0.3 is 10.6 Å². The van der Waals surface area contributed by atoms with Crippen LogP contribution in [0, 0.1) is 5.92 Å². The van der Waals surface area contributed by atoms with E-state index in [1.165, 1.54) is 6.26 Å². The van der Waals surface area contributed by atoms with Crippen molar-refractivity contribution < 1.29 is 39.6 Å². The number of hydrogen-bond acceptors (Lipinski definition) is 5. The Morgan fingerprint density at radius 2 is 1.77 bits per heavy atom. The smallest absolute Gasteiger partial charge is 0.374 e. The molecular formula is C24H29ClF6N4O3S. The summed E-state index contributed by atoms with van der Waals surface area (Å²) in [5.74, 6) is -0.682. The third-order valence-electron chi connectivity index (χ3n) is 6.81. The largest absolute Gasteiger partial charge is 0.417 e. The summed E-state index contributed by atoms with van der Waals surface area (Å²) < 4.78 is 105. The second kappa shape index (κ2) is 11.6. The quantitative estimate of drug-likeness (QED) is 0.365. The van der Waals surface area contributed by atoms with E-state index in [-0.39, 0.29) is 35.4 Å². The van der Waals surface area contributed by atoms with Crippen molar-refractivity contribution in [2.45, 2.75) is 69.7 Å². The van der Waals surface area contributed by atoms with Crippen LogP contribution in [0.15, 0.2) is 18.2 Å². The van der Waals surface area contributed by atoms with Crippen molar-refractivity contribution in [1.82, 2.24) is 15.1 Å². The molecule has 1 aromatic heterocycles. The third-order valence-corrected chi connectivity index (χ3v) is 8.85. The highest BCUT2D eigenvalue weighted by Crippen LogP contribution is 2.42. The van der Waals surface area contributed by atoms with Gasteiger partial charge in [0.15, 0.2) is 5.69 Å². The van der Waals surface area contributed by atoms with E-state index >= 15 is 0 Å². The van der Waals surface area contributed by atoms with Crippen LogP contribution in [0.2, 0.25) is 5.02 Å². The van der Waals surface area contributed by atoms with Crippen LogP contribution in [0.1, 0.15) is 55.6 Å². The van der Waals surface area contributed by atoms with Crippen LogP contribution in [0.25, 0.3) is 11.3 Å². The second-order valence-electron chi connectivity index (χ2n) is 9.68. The van der Waals surface area contributed by atoms with Gasteiger partial charge in [-0.15, -0.1) is 0 Å². The number of sulfone groups is 1. The number of nitrogens with zero attached hydrogens (tertiary/aromatic N) is 2. The Morgan fingerprint density at radius 1 is 1.15 bits per heavy atom. The lowest BCUT2D eigenvalue weighted by Crippen LogP contribution is -2.34. The molecule has 1 unspecified atom stereocenters. The van der Waals surface area contributed by atoms with Crippen LogP contribution in [-0.2, 0) is 22.6 Å². The molecule has 0 saturated heterocycles. The molecule has 3 rings (SSSR count). The number of rotatable bonds is 8. The van der Waals surface area contributed by atoms with Crippen molar-refractivity contribution in [2.24, 2.45) is 5.92 Å². The molecule has 1 aliphatic rings. The third kappa shape index (κ3) is 7.38. The van der Waals surface area contributed by atoms with Gasteiger partial charge in [-0.1, -0.05) is 17.7 Å². The van der Waals surface area contributed by atoms with E-state index in [1.54, 1.807) is 6.92 Å². The summed E-state index contributed by atoms with van der Waals surface area (Å²) in [5, 5.41) is 8.06. The summed E-state index contributed by atoms with van der Waals surface area (Å²) in [6.07, 6.45) is -6.31. The molecule has 2 aromatic rings. The van der Waals surface area contributed by atoms with E-state index in [2.05, 4.69) is 10.4 Å². The van der Waals surface area contributed by atoms with Gasteiger partial charge in [-0.05, 0) is 57.6 Å². The van der Waals surface area contributed by atoms with Gasteiger partial charge in [-0.3, -0.25) is 9.48 Å².